The second kappa shape index (κ2) is 6.99. The van der Waals surface area contributed by atoms with E-state index in [9.17, 15) is 9.59 Å². The van der Waals surface area contributed by atoms with Gasteiger partial charge in [0.1, 0.15) is 0 Å². The highest BCUT2D eigenvalue weighted by atomic mass is 35.5. The fourth-order valence-corrected chi connectivity index (χ4v) is 3.01. The van der Waals surface area contributed by atoms with E-state index in [-0.39, 0.29) is 33.3 Å². The molecule has 0 aliphatic heterocycles. The molecule has 6 nitrogen and oxygen atoms in total. The summed E-state index contributed by atoms with van der Waals surface area (Å²) in [6.45, 7) is 2.21. The number of nitrogens with zero attached hydrogens (tertiary/aromatic N) is 2. The molecule has 8 heteroatoms. The molecule has 0 bridgehead atoms. The topological polar surface area (TPSA) is 81.2 Å². The summed E-state index contributed by atoms with van der Waals surface area (Å²) in [6.07, 6.45) is 3.00. The summed E-state index contributed by atoms with van der Waals surface area (Å²) in [7, 11) is 0. The number of aromatic nitrogens is 2. The van der Waals surface area contributed by atoms with Gasteiger partial charge in [-0.25, -0.2) is 0 Å². The molecule has 0 radical (unpaired) electrons. The Morgan fingerprint density at radius 1 is 1.35 bits per heavy atom. The van der Waals surface area contributed by atoms with Gasteiger partial charge < -0.3 is 10.1 Å². The Morgan fingerprint density at radius 3 is 2.60 bits per heavy atom. The van der Waals surface area contributed by atoms with E-state index < -0.39 is 0 Å². The van der Waals surface area contributed by atoms with Crippen LogP contribution in [0, 0.1) is 5.92 Å². The highest BCUT2D eigenvalue weighted by Crippen LogP contribution is 2.26. The minimum Gasteiger partial charge on any atom is -0.466 e. The maximum Gasteiger partial charge on any atom is 0.308 e. The first kappa shape index (κ1) is 15.2. The lowest BCUT2D eigenvalue weighted by Crippen LogP contribution is -2.39. The molecule has 1 amide bonds. The van der Waals surface area contributed by atoms with Crippen molar-refractivity contribution in [3.05, 3.63) is 9.47 Å². The van der Waals surface area contributed by atoms with E-state index in [0.29, 0.717) is 6.61 Å². The lowest BCUT2D eigenvalue weighted by molar-refractivity contribution is -0.149. The Bertz CT molecular complexity index is 486. The molecular weight excluding hydrogens is 302 g/mol. The minimum atomic E-state index is -0.256. The number of carbonyl (C=O) groups excluding carboxylic acids is 2. The molecule has 20 heavy (non-hydrogen) atoms. The van der Waals surface area contributed by atoms with Crippen molar-refractivity contribution in [2.24, 2.45) is 5.92 Å². The molecule has 1 aromatic rings. The first-order chi connectivity index (χ1) is 9.60. The third-order valence-corrected chi connectivity index (χ3v) is 4.29. The maximum atomic E-state index is 11.9. The van der Waals surface area contributed by atoms with Gasteiger partial charge in [-0.15, -0.1) is 10.2 Å². The van der Waals surface area contributed by atoms with Gasteiger partial charge in [0.15, 0.2) is 0 Å². The molecule has 0 spiro atoms. The molecule has 1 saturated carbocycles. The third kappa shape index (κ3) is 3.89. The molecule has 1 fully saturated rings. The van der Waals surface area contributed by atoms with E-state index >= 15 is 0 Å². The average molecular weight is 318 g/mol. The van der Waals surface area contributed by atoms with Crippen LogP contribution in [0.5, 0.6) is 0 Å². The quantitative estimate of drug-likeness (QED) is 0.859. The summed E-state index contributed by atoms with van der Waals surface area (Å²) in [5.41, 5.74) is 0. The van der Waals surface area contributed by atoms with Gasteiger partial charge in [0.2, 0.25) is 9.47 Å². The number of hydrogen-bond donors (Lipinski definition) is 1. The van der Waals surface area contributed by atoms with Gasteiger partial charge in [0.05, 0.1) is 12.5 Å². The number of nitrogens with one attached hydrogen (secondary N) is 1. The van der Waals surface area contributed by atoms with Crippen LogP contribution in [-0.4, -0.2) is 34.7 Å². The van der Waals surface area contributed by atoms with E-state index in [2.05, 4.69) is 15.5 Å². The molecule has 1 aliphatic rings. The van der Waals surface area contributed by atoms with Crippen molar-refractivity contribution in [1.82, 2.24) is 15.5 Å². The van der Waals surface area contributed by atoms with E-state index in [1.165, 1.54) is 0 Å². The predicted octanol–water partition coefficient (Wildman–Crippen LogP) is 2.04. The zero-order chi connectivity index (χ0) is 14.5. The smallest absolute Gasteiger partial charge is 0.308 e. The maximum absolute atomic E-state index is 11.9. The van der Waals surface area contributed by atoms with E-state index in [1.54, 1.807) is 6.92 Å². The SMILES string of the molecule is CCOC(=O)C1CCC(NC(=O)c2nnc(Cl)s2)CC1. The normalized spacial score (nSPS) is 22.3. The molecule has 0 atom stereocenters. The van der Waals surface area contributed by atoms with Gasteiger partial charge in [-0.05, 0) is 44.2 Å². The Kier molecular flexibility index (Phi) is 5.31. The molecule has 2 rings (SSSR count). The molecule has 110 valence electrons. The van der Waals surface area contributed by atoms with E-state index in [0.717, 1.165) is 37.0 Å². The Balaban J connectivity index is 1.80. The fraction of sp³-hybridized carbons (Fsp3) is 0.667. The molecule has 0 saturated heterocycles. The van der Waals surface area contributed by atoms with Crippen molar-refractivity contribution in [1.29, 1.82) is 0 Å². The third-order valence-electron chi connectivity index (χ3n) is 3.28. The Labute approximate surface area is 125 Å². The van der Waals surface area contributed by atoms with E-state index in [4.69, 9.17) is 16.3 Å². The average Bonchev–Trinajstić information content (AvgIpc) is 2.86. The molecule has 1 N–H and O–H groups in total. The standard InChI is InChI=1S/C12H16ClN3O3S/c1-2-19-11(18)7-3-5-8(6-4-7)14-9(17)10-15-16-12(13)20-10/h7-8H,2-6H2,1H3,(H,14,17). The van der Waals surface area contributed by atoms with E-state index in [1.807, 2.05) is 0 Å². The van der Waals surface area contributed by atoms with Gasteiger partial charge >= 0.3 is 5.97 Å². The van der Waals surface area contributed by atoms with Crippen LogP contribution in [0.25, 0.3) is 0 Å². The van der Waals surface area contributed by atoms with Gasteiger partial charge in [-0.1, -0.05) is 11.3 Å². The Morgan fingerprint density at radius 2 is 2.05 bits per heavy atom. The summed E-state index contributed by atoms with van der Waals surface area (Å²) in [6, 6.07) is 0.0656. The molecule has 1 aromatic heterocycles. The second-order valence-corrected chi connectivity index (χ2v) is 6.19. The van der Waals surface area contributed by atoms with Crippen LogP contribution in [0.2, 0.25) is 4.47 Å². The number of esters is 1. The predicted molar refractivity (Wildman–Crippen MR) is 74.8 cm³/mol. The van der Waals surface area contributed by atoms with Gasteiger partial charge in [-0.3, -0.25) is 9.59 Å². The van der Waals surface area contributed by atoms with Crippen LogP contribution in [0.4, 0.5) is 0 Å². The number of rotatable bonds is 4. The highest BCUT2D eigenvalue weighted by Gasteiger charge is 2.28. The number of carbonyl (C=O) groups is 2. The fourth-order valence-electron chi connectivity index (χ4n) is 2.28. The molecular formula is C12H16ClN3O3S. The molecule has 1 aliphatic carbocycles. The first-order valence-corrected chi connectivity index (χ1v) is 7.76. The van der Waals surface area contributed by atoms with Crippen molar-refractivity contribution in [2.75, 3.05) is 6.61 Å². The lowest BCUT2D eigenvalue weighted by atomic mass is 9.86. The number of hydrogen-bond acceptors (Lipinski definition) is 6. The summed E-state index contributed by atoms with van der Waals surface area (Å²) in [5, 5.41) is 10.5. The van der Waals surface area contributed by atoms with Gasteiger partial charge in [0.25, 0.3) is 5.91 Å². The summed E-state index contributed by atoms with van der Waals surface area (Å²) < 4.78 is 5.26. The first-order valence-electron chi connectivity index (χ1n) is 6.56. The monoisotopic (exact) mass is 317 g/mol. The van der Waals surface area contributed by atoms with Crippen molar-refractivity contribution in [2.45, 2.75) is 38.6 Å². The van der Waals surface area contributed by atoms with Crippen LogP contribution in [-0.2, 0) is 9.53 Å². The Hall–Kier alpha value is -1.21. The van der Waals surface area contributed by atoms with Crippen LogP contribution < -0.4 is 5.32 Å². The largest absolute Gasteiger partial charge is 0.466 e. The number of ether oxygens (including phenoxy) is 1. The lowest BCUT2D eigenvalue weighted by Gasteiger charge is -2.27. The van der Waals surface area contributed by atoms with Crippen LogP contribution >= 0.6 is 22.9 Å². The van der Waals surface area contributed by atoms with Gasteiger partial charge in [-0.2, -0.15) is 0 Å². The zero-order valence-electron chi connectivity index (χ0n) is 11.1. The minimum absolute atomic E-state index is 0.0425. The second-order valence-electron chi connectivity index (χ2n) is 4.63. The molecule has 0 unspecified atom stereocenters. The zero-order valence-corrected chi connectivity index (χ0v) is 12.7. The highest BCUT2D eigenvalue weighted by molar-refractivity contribution is 7.17. The van der Waals surface area contributed by atoms with Gasteiger partial charge in [0, 0.05) is 6.04 Å². The molecule has 0 aromatic carbocycles. The molecule has 1 heterocycles. The van der Waals surface area contributed by atoms with Crippen molar-refractivity contribution in [3.8, 4) is 0 Å². The van der Waals surface area contributed by atoms with Crippen LogP contribution in [0.3, 0.4) is 0 Å². The van der Waals surface area contributed by atoms with Crippen molar-refractivity contribution < 1.29 is 14.3 Å². The number of halogens is 1. The summed E-state index contributed by atoms with van der Waals surface area (Å²) in [4.78, 5) is 23.5. The summed E-state index contributed by atoms with van der Waals surface area (Å²) in [5.74, 6) is -0.429. The van der Waals surface area contributed by atoms with Crippen molar-refractivity contribution >= 4 is 34.8 Å². The van der Waals surface area contributed by atoms with Crippen LogP contribution in [0.1, 0.15) is 42.4 Å². The number of amides is 1. The van der Waals surface area contributed by atoms with Crippen LogP contribution in [0.15, 0.2) is 0 Å². The van der Waals surface area contributed by atoms with Crippen molar-refractivity contribution in [3.63, 3.8) is 0 Å². The summed E-state index contributed by atoms with van der Waals surface area (Å²) >= 11 is 6.70.